The zero-order valence-electron chi connectivity index (χ0n) is 12.7. The van der Waals surface area contributed by atoms with E-state index in [0.29, 0.717) is 25.1 Å². The van der Waals surface area contributed by atoms with E-state index in [0.717, 1.165) is 23.1 Å². The van der Waals surface area contributed by atoms with Crippen LogP contribution in [0, 0.1) is 0 Å². The Labute approximate surface area is 133 Å². The van der Waals surface area contributed by atoms with Crippen molar-refractivity contribution in [3.8, 4) is 0 Å². The van der Waals surface area contributed by atoms with Gasteiger partial charge in [-0.05, 0) is 30.4 Å². The minimum absolute atomic E-state index is 0.108. The highest BCUT2D eigenvalue weighted by Crippen LogP contribution is 2.36. The maximum atomic E-state index is 12.1. The number of nitrogens with zero attached hydrogens (tertiary/aromatic N) is 1. The van der Waals surface area contributed by atoms with Crippen LogP contribution in [0.1, 0.15) is 36.0 Å². The molecular formula is C17H18N2O4. The molecule has 1 aromatic carbocycles. The fourth-order valence-corrected chi connectivity index (χ4v) is 3.31. The number of rotatable bonds is 4. The van der Waals surface area contributed by atoms with E-state index in [9.17, 15) is 14.4 Å². The van der Waals surface area contributed by atoms with Gasteiger partial charge in [0.15, 0.2) is 5.94 Å². The number of hydrogen-bond acceptors (Lipinski definition) is 5. The van der Waals surface area contributed by atoms with Gasteiger partial charge in [-0.2, -0.15) is 0 Å². The van der Waals surface area contributed by atoms with Crippen LogP contribution in [0.3, 0.4) is 0 Å². The molecule has 2 heterocycles. The van der Waals surface area contributed by atoms with Gasteiger partial charge in [0.2, 0.25) is 11.8 Å². The zero-order chi connectivity index (χ0) is 16.4. The molecule has 3 rings (SSSR count). The van der Waals surface area contributed by atoms with Crippen molar-refractivity contribution >= 4 is 23.5 Å². The van der Waals surface area contributed by atoms with Crippen LogP contribution in [0.25, 0.3) is 5.70 Å². The summed E-state index contributed by atoms with van der Waals surface area (Å²) in [4.78, 5) is 36.6. The summed E-state index contributed by atoms with van der Waals surface area (Å²) in [5.74, 6) is 1.32. The Balaban J connectivity index is 1.92. The summed E-state index contributed by atoms with van der Waals surface area (Å²) in [5.41, 5.74) is 3.24. The lowest BCUT2D eigenvalue weighted by atomic mass is 9.99. The average molecular weight is 314 g/mol. The van der Waals surface area contributed by atoms with Gasteiger partial charge in [-0.1, -0.05) is 18.2 Å². The summed E-state index contributed by atoms with van der Waals surface area (Å²) in [5, 5.41) is 11.4. The number of aliphatic hydroxyl groups excluding tert-OH is 1. The van der Waals surface area contributed by atoms with Crippen molar-refractivity contribution in [2.24, 2.45) is 0 Å². The molecule has 0 radical (unpaired) electrons. The van der Waals surface area contributed by atoms with Gasteiger partial charge in [-0.3, -0.25) is 14.9 Å². The predicted octanol–water partition coefficient (Wildman–Crippen LogP) is 0.405. The molecule has 1 unspecified atom stereocenters. The second-order valence-electron chi connectivity index (χ2n) is 5.82. The van der Waals surface area contributed by atoms with Crippen LogP contribution in [-0.4, -0.2) is 40.4 Å². The second kappa shape index (κ2) is 6.36. The lowest BCUT2D eigenvalue weighted by Gasteiger charge is -2.30. The van der Waals surface area contributed by atoms with Crippen LogP contribution in [0.5, 0.6) is 0 Å². The maximum absolute atomic E-state index is 12.1. The molecule has 0 bridgehead atoms. The number of aryl methyl sites for hydroxylation is 1. The van der Waals surface area contributed by atoms with Crippen molar-refractivity contribution in [2.75, 3.05) is 6.61 Å². The first kappa shape index (κ1) is 15.5. The molecule has 2 N–H and O–H groups in total. The number of imide groups is 1. The molecule has 1 aromatic rings. The molecule has 1 atom stereocenters. The van der Waals surface area contributed by atoms with Gasteiger partial charge >= 0.3 is 0 Å². The molecule has 0 spiro atoms. The van der Waals surface area contributed by atoms with Crippen LogP contribution >= 0.6 is 0 Å². The molecule has 1 saturated heterocycles. The van der Waals surface area contributed by atoms with E-state index in [1.165, 1.54) is 0 Å². The van der Waals surface area contributed by atoms with E-state index in [1.54, 1.807) is 4.90 Å². The van der Waals surface area contributed by atoms with Crippen molar-refractivity contribution in [1.82, 2.24) is 10.2 Å². The fourth-order valence-electron chi connectivity index (χ4n) is 3.31. The maximum Gasteiger partial charge on any atom is 0.249 e. The van der Waals surface area contributed by atoms with E-state index in [1.807, 2.05) is 24.1 Å². The minimum atomic E-state index is -0.526. The van der Waals surface area contributed by atoms with Crippen molar-refractivity contribution < 1.29 is 19.5 Å². The lowest BCUT2D eigenvalue weighted by Crippen LogP contribution is -2.50. The first-order valence-electron chi connectivity index (χ1n) is 7.73. The van der Waals surface area contributed by atoms with E-state index < -0.39 is 6.04 Å². The number of carbonyl (C=O) groups excluding carboxylic acids is 3. The highest BCUT2D eigenvalue weighted by Gasteiger charge is 2.38. The summed E-state index contributed by atoms with van der Waals surface area (Å²) in [7, 11) is 0. The minimum Gasteiger partial charge on any atom is -0.396 e. The lowest BCUT2D eigenvalue weighted by molar-refractivity contribution is -0.136. The molecule has 2 aliphatic rings. The third-order valence-corrected chi connectivity index (χ3v) is 4.43. The summed E-state index contributed by atoms with van der Waals surface area (Å²) < 4.78 is 0. The number of nitrogens with one attached hydrogen (secondary N) is 1. The quantitative estimate of drug-likeness (QED) is 0.621. The first-order chi connectivity index (χ1) is 11.2. The smallest absolute Gasteiger partial charge is 0.249 e. The number of benzene rings is 1. The first-order valence-corrected chi connectivity index (χ1v) is 7.73. The number of fused-ring (bicyclic) bond motifs is 1. The largest absolute Gasteiger partial charge is 0.396 e. The van der Waals surface area contributed by atoms with Gasteiger partial charge in [0, 0.05) is 25.1 Å². The van der Waals surface area contributed by atoms with Crippen LogP contribution in [-0.2, 0) is 27.3 Å². The topological polar surface area (TPSA) is 86.7 Å². The van der Waals surface area contributed by atoms with Gasteiger partial charge in [0.05, 0.1) is 0 Å². The third-order valence-electron chi connectivity index (χ3n) is 4.43. The van der Waals surface area contributed by atoms with E-state index in [4.69, 9.17) is 5.11 Å². The Hall–Kier alpha value is -2.43. The van der Waals surface area contributed by atoms with Crippen molar-refractivity contribution in [3.63, 3.8) is 0 Å². The highest BCUT2D eigenvalue weighted by atomic mass is 16.3. The number of hydrogen-bond donors (Lipinski definition) is 2. The molecule has 0 aromatic heterocycles. The Bertz CT molecular complexity index is 707. The second-order valence-corrected chi connectivity index (χ2v) is 5.82. The molecule has 0 aliphatic carbocycles. The summed E-state index contributed by atoms with van der Waals surface area (Å²) in [6, 6.07) is 5.17. The molecule has 23 heavy (non-hydrogen) atoms. The SMILES string of the molecule is O=C=C1c2cccc(CCCO)c2CN1C1CCC(=O)NC1=O. The van der Waals surface area contributed by atoms with Crippen molar-refractivity contribution in [2.45, 2.75) is 38.3 Å². The highest BCUT2D eigenvalue weighted by molar-refractivity contribution is 6.02. The van der Waals surface area contributed by atoms with E-state index in [2.05, 4.69) is 5.32 Å². The Morgan fingerprint density at radius 1 is 1.35 bits per heavy atom. The van der Waals surface area contributed by atoms with Crippen LogP contribution < -0.4 is 5.32 Å². The fraction of sp³-hybridized carbons (Fsp3) is 0.412. The van der Waals surface area contributed by atoms with Crippen LogP contribution in [0.2, 0.25) is 0 Å². The van der Waals surface area contributed by atoms with Crippen molar-refractivity contribution in [1.29, 1.82) is 0 Å². The molecular weight excluding hydrogens is 296 g/mol. The molecule has 2 aliphatic heterocycles. The van der Waals surface area contributed by atoms with Crippen LogP contribution in [0.15, 0.2) is 18.2 Å². The Morgan fingerprint density at radius 2 is 2.17 bits per heavy atom. The number of aliphatic hydroxyl groups is 1. The van der Waals surface area contributed by atoms with Crippen molar-refractivity contribution in [3.05, 3.63) is 34.9 Å². The van der Waals surface area contributed by atoms with Gasteiger partial charge in [-0.15, -0.1) is 0 Å². The number of piperidine rings is 1. The molecule has 120 valence electrons. The monoisotopic (exact) mass is 314 g/mol. The Morgan fingerprint density at radius 3 is 2.87 bits per heavy atom. The number of amides is 2. The molecule has 1 fully saturated rings. The number of carbonyl (C=O) groups is 2. The third kappa shape index (κ3) is 2.79. The molecule has 2 amide bonds. The summed E-state index contributed by atoms with van der Waals surface area (Å²) in [6.45, 7) is 0.560. The normalized spacial score (nSPS) is 20.3. The zero-order valence-corrected chi connectivity index (χ0v) is 12.7. The molecule has 6 nitrogen and oxygen atoms in total. The van der Waals surface area contributed by atoms with Gasteiger partial charge < -0.3 is 10.0 Å². The summed E-state index contributed by atoms with van der Waals surface area (Å²) in [6.07, 6.45) is 2.03. The van der Waals surface area contributed by atoms with E-state index in [-0.39, 0.29) is 24.8 Å². The van der Waals surface area contributed by atoms with Crippen LogP contribution in [0.4, 0.5) is 0 Å². The van der Waals surface area contributed by atoms with Gasteiger partial charge in [0.25, 0.3) is 0 Å². The average Bonchev–Trinajstić information content (AvgIpc) is 2.91. The summed E-state index contributed by atoms with van der Waals surface area (Å²) >= 11 is 0. The van der Waals surface area contributed by atoms with Gasteiger partial charge in [0.1, 0.15) is 11.7 Å². The van der Waals surface area contributed by atoms with Gasteiger partial charge in [-0.25, -0.2) is 4.79 Å². The van der Waals surface area contributed by atoms with E-state index >= 15 is 0 Å². The predicted molar refractivity (Wildman–Crippen MR) is 82.7 cm³/mol. The molecule has 0 saturated carbocycles. The Kier molecular flexibility index (Phi) is 4.28. The molecule has 6 heteroatoms. The standard InChI is InChI=1S/C17H18N2O4/c20-8-2-4-11-3-1-5-12-13(11)9-19(15(12)10-21)14-6-7-16(22)18-17(14)23/h1,3,5,14,20H,2,4,6-9H2,(H,18,22,23).